The predicted octanol–water partition coefficient (Wildman–Crippen LogP) is 4.33. The van der Waals surface area contributed by atoms with Crippen molar-refractivity contribution in [3.8, 4) is 5.75 Å². The van der Waals surface area contributed by atoms with E-state index in [1.165, 1.54) is 0 Å². The molecule has 98 valence electrons. The zero-order valence-electron chi connectivity index (χ0n) is 10.9. The fourth-order valence-electron chi connectivity index (χ4n) is 1.77. The first-order valence-corrected chi connectivity index (χ1v) is 6.85. The summed E-state index contributed by atoms with van der Waals surface area (Å²) in [5.74, 6) is 0.730. The van der Waals surface area contributed by atoms with Gasteiger partial charge in [-0.3, -0.25) is 4.79 Å². The van der Waals surface area contributed by atoms with Gasteiger partial charge in [-0.15, -0.1) is 0 Å². The molecule has 0 spiro atoms. The lowest BCUT2D eigenvalue weighted by Crippen LogP contribution is -2.12. The third-order valence-electron chi connectivity index (χ3n) is 2.88. The van der Waals surface area contributed by atoms with Gasteiger partial charge in [-0.05, 0) is 37.1 Å². The molecule has 0 radical (unpaired) electrons. The van der Waals surface area contributed by atoms with Gasteiger partial charge in [0.1, 0.15) is 5.75 Å². The highest BCUT2D eigenvalue weighted by atomic mass is 79.9. The van der Waals surface area contributed by atoms with Gasteiger partial charge in [0, 0.05) is 10.0 Å². The Bertz CT molecular complexity index is 605. The fourth-order valence-corrected chi connectivity index (χ4v) is 2.28. The quantitative estimate of drug-likeness (QED) is 0.784. The Labute approximate surface area is 121 Å². The average molecular weight is 319 g/mol. The maximum absolute atomic E-state index is 12.1. The second-order valence-corrected chi connectivity index (χ2v) is 5.31. The van der Waals surface area contributed by atoms with Crippen molar-refractivity contribution in [1.29, 1.82) is 0 Å². The van der Waals surface area contributed by atoms with Crippen molar-refractivity contribution >= 4 is 21.7 Å². The summed E-state index contributed by atoms with van der Waals surface area (Å²) in [4.78, 5) is 12.1. The fraction of sp³-hybridized carbons (Fsp3) is 0.188. The number of Topliss-reactive ketones (excluding diaryl/α,β-unsaturated/α-hetero) is 1. The molecule has 0 N–H and O–H groups in total. The molecule has 0 amide bonds. The van der Waals surface area contributed by atoms with E-state index in [0.717, 1.165) is 21.3 Å². The van der Waals surface area contributed by atoms with E-state index in [0.29, 0.717) is 5.56 Å². The topological polar surface area (TPSA) is 26.3 Å². The van der Waals surface area contributed by atoms with Crippen LogP contribution in [0.25, 0.3) is 0 Å². The Morgan fingerprint density at radius 3 is 2.63 bits per heavy atom. The minimum absolute atomic E-state index is 0.0339. The summed E-state index contributed by atoms with van der Waals surface area (Å²) in [5, 5.41) is 0. The Kier molecular flexibility index (Phi) is 4.38. The smallest absolute Gasteiger partial charge is 0.201 e. The van der Waals surface area contributed by atoms with Crippen molar-refractivity contribution in [2.75, 3.05) is 6.61 Å². The SMILES string of the molecule is Cc1ccc(C)c(OCC(=O)c2ccccc2Br)c1. The molecule has 3 heteroatoms. The van der Waals surface area contributed by atoms with Crippen molar-refractivity contribution in [3.63, 3.8) is 0 Å². The highest BCUT2D eigenvalue weighted by Crippen LogP contribution is 2.20. The minimum Gasteiger partial charge on any atom is -0.485 e. The monoisotopic (exact) mass is 318 g/mol. The summed E-state index contributed by atoms with van der Waals surface area (Å²) in [6, 6.07) is 13.3. The average Bonchev–Trinajstić information content (AvgIpc) is 2.40. The molecule has 0 aliphatic carbocycles. The second kappa shape index (κ2) is 6.02. The Morgan fingerprint density at radius 2 is 1.89 bits per heavy atom. The van der Waals surface area contributed by atoms with Crippen LogP contribution >= 0.6 is 15.9 Å². The first-order chi connectivity index (χ1) is 9.08. The van der Waals surface area contributed by atoms with Crippen LogP contribution in [0.15, 0.2) is 46.9 Å². The van der Waals surface area contributed by atoms with Crippen LogP contribution in [0.5, 0.6) is 5.75 Å². The predicted molar refractivity (Wildman–Crippen MR) is 79.9 cm³/mol. The van der Waals surface area contributed by atoms with Gasteiger partial charge < -0.3 is 4.74 Å². The number of aryl methyl sites for hydroxylation is 2. The van der Waals surface area contributed by atoms with E-state index < -0.39 is 0 Å². The van der Waals surface area contributed by atoms with Crippen LogP contribution in [-0.4, -0.2) is 12.4 Å². The Hall–Kier alpha value is -1.61. The van der Waals surface area contributed by atoms with Crippen LogP contribution in [0.2, 0.25) is 0 Å². The molecule has 0 saturated carbocycles. The number of ketones is 1. The summed E-state index contributed by atoms with van der Waals surface area (Å²) in [6.07, 6.45) is 0. The number of benzene rings is 2. The number of rotatable bonds is 4. The second-order valence-electron chi connectivity index (χ2n) is 4.46. The van der Waals surface area contributed by atoms with Crippen molar-refractivity contribution in [3.05, 3.63) is 63.6 Å². The molecule has 2 aromatic carbocycles. The number of hydrogen-bond acceptors (Lipinski definition) is 2. The molecule has 2 rings (SSSR count). The van der Waals surface area contributed by atoms with E-state index in [1.54, 1.807) is 6.07 Å². The molecule has 0 aliphatic heterocycles. The molecule has 2 nitrogen and oxygen atoms in total. The largest absolute Gasteiger partial charge is 0.485 e. The lowest BCUT2D eigenvalue weighted by atomic mass is 10.1. The molecule has 0 aliphatic rings. The van der Waals surface area contributed by atoms with Crippen LogP contribution in [0.1, 0.15) is 21.5 Å². The molecule has 0 unspecified atom stereocenters. The molecular formula is C16H15BrO2. The van der Waals surface area contributed by atoms with E-state index in [9.17, 15) is 4.79 Å². The van der Waals surface area contributed by atoms with Gasteiger partial charge in [0.25, 0.3) is 0 Å². The minimum atomic E-state index is -0.0339. The lowest BCUT2D eigenvalue weighted by molar-refractivity contribution is 0.0920. The molecule has 0 aromatic heterocycles. The summed E-state index contributed by atoms with van der Waals surface area (Å²) in [6.45, 7) is 4.02. The molecule has 0 saturated heterocycles. The van der Waals surface area contributed by atoms with Gasteiger partial charge in [-0.1, -0.05) is 46.3 Å². The molecule has 0 heterocycles. The lowest BCUT2D eigenvalue weighted by Gasteiger charge is -2.10. The maximum Gasteiger partial charge on any atom is 0.201 e. The summed E-state index contributed by atoms with van der Waals surface area (Å²) < 4.78 is 6.41. The van der Waals surface area contributed by atoms with Gasteiger partial charge >= 0.3 is 0 Å². The van der Waals surface area contributed by atoms with Crippen LogP contribution in [0, 0.1) is 13.8 Å². The number of hydrogen-bond donors (Lipinski definition) is 0. The Balaban J connectivity index is 2.09. The normalized spacial score (nSPS) is 10.3. The molecular weight excluding hydrogens is 304 g/mol. The summed E-state index contributed by atoms with van der Waals surface area (Å²) >= 11 is 3.37. The van der Waals surface area contributed by atoms with Crippen molar-refractivity contribution < 1.29 is 9.53 Å². The van der Waals surface area contributed by atoms with Gasteiger partial charge in [0.05, 0.1) is 0 Å². The van der Waals surface area contributed by atoms with Crippen LogP contribution in [0.3, 0.4) is 0 Å². The third kappa shape index (κ3) is 3.44. The van der Waals surface area contributed by atoms with E-state index >= 15 is 0 Å². The number of carbonyl (C=O) groups is 1. The van der Waals surface area contributed by atoms with Crippen molar-refractivity contribution in [1.82, 2.24) is 0 Å². The first kappa shape index (κ1) is 13.8. The van der Waals surface area contributed by atoms with E-state index in [-0.39, 0.29) is 12.4 Å². The standard InChI is InChI=1S/C16H15BrO2/c1-11-7-8-12(2)16(9-11)19-10-15(18)13-5-3-4-6-14(13)17/h3-9H,10H2,1-2H3. The van der Waals surface area contributed by atoms with Crippen LogP contribution in [0.4, 0.5) is 0 Å². The molecule has 0 fully saturated rings. The van der Waals surface area contributed by atoms with Gasteiger partial charge in [-0.25, -0.2) is 0 Å². The molecule has 2 aromatic rings. The van der Waals surface area contributed by atoms with Gasteiger partial charge in [-0.2, -0.15) is 0 Å². The highest BCUT2D eigenvalue weighted by Gasteiger charge is 2.10. The maximum atomic E-state index is 12.1. The highest BCUT2D eigenvalue weighted by molar-refractivity contribution is 9.10. The number of halogens is 1. The van der Waals surface area contributed by atoms with Gasteiger partial charge in [0.15, 0.2) is 6.61 Å². The van der Waals surface area contributed by atoms with Crippen LogP contribution in [-0.2, 0) is 0 Å². The van der Waals surface area contributed by atoms with Gasteiger partial charge in [0.2, 0.25) is 5.78 Å². The third-order valence-corrected chi connectivity index (χ3v) is 3.57. The Morgan fingerprint density at radius 1 is 1.16 bits per heavy atom. The zero-order chi connectivity index (χ0) is 13.8. The van der Waals surface area contributed by atoms with E-state index in [2.05, 4.69) is 15.9 Å². The summed E-state index contributed by atoms with van der Waals surface area (Å²) in [7, 11) is 0. The summed E-state index contributed by atoms with van der Waals surface area (Å²) in [5.41, 5.74) is 2.80. The van der Waals surface area contributed by atoms with E-state index in [1.807, 2.05) is 50.2 Å². The van der Waals surface area contributed by atoms with Crippen molar-refractivity contribution in [2.45, 2.75) is 13.8 Å². The van der Waals surface area contributed by atoms with E-state index in [4.69, 9.17) is 4.74 Å². The number of ether oxygens (including phenoxy) is 1. The molecule has 0 bridgehead atoms. The zero-order valence-corrected chi connectivity index (χ0v) is 12.5. The molecule has 19 heavy (non-hydrogen) atoms. The molecule has 0 atom stereocenters. The number of carbonyl (C=O) groups excluding carboxylic acids is 1. The van der Waals surface area contributed by atoms with Crippen LogP contribution < -0.4 is 4.74 Å². The first-order valence-electron chi connectivity index (χ1n) is 6.05. The van der Waals surface area contributed by atoms with Crippen molar-refractivity contribution in [2.24, 2.45) is 0 Å².